The fraction of sp³-hybridized carbons (Fsp3) is 0.300. The molecule has 0 saturated heterocycles. The van der Waals surface area contributed by atoms with Gasteiger partial charge < -0.3 is 4.74 Å². The Labute approximate surface area is 85.6 Å². The molecule has 0 radical (unpaired) electrons. The van der Waals surface area contributed by atoms with Crippen LogP contribution in [0, 0.1) is 0 Å². The number of ether oxygens (including phenoxy) is 1. The summed E-state index contributed by atoms with van der Waals surface area (Å²) in [4.78, 5) is 34.0. The van der Waals surface area contributed by atoms with Crippen molar-refractivity contribution in [2.24, 2.45) is 0 Å². The number of fused-ring (bicyclic) bond motifs is 1. The summed E-state index contributed by atoms with van der Waals surface area (Å²) in [5.74, 6) is -1.06. The van der Waals surface area contributed by atoms with E-state index in [0.29, 0.717) is 5.69 Å². The van der Waals surface area contributed by atoms with Crippen LogP contribution in [-0.4, -0.2) is 29.3 Å². The van der Waals surface area contributed by atoms with Crippen molar-refractivity contribution in [2.45, 2.75) is 12.8 Å². The van der Waals surface area contributed by atoms with Crippen molar-refractivity contribution in [3.05, 3.63) is 23.5 Å². The summed E-state index contributed by atoms with van der Waals surface area (Å²) in [6.07, 6.45) is 0.0500. The van der Waals surface area contributed by atoms with Gasteiger partial charge in [0, 0.05) is 12.1 Å². The lowest BCUT2D eigenvalue weighted by molar-refractivity contribution is -0.118. The number of carbonyl (C=O) groups is 3. The number of aromatic nitrogens is 1. The maximum Gasteiger partial charge on any atom is 0.355 e. The third-order valence-electron chi connectivity index (χ3n) is 2.33. The highest BCUT2D eigenvalue weighted by atomic mass is 16.5. The first kappa shape index (κ1) is 9.64. The van der Waals surface area contributed by atoms with Crippen LogP contribution in [0.25, 0.3) is 0 Å². The predicted octanol–water partition coefficient (Wildman–Crippen LogP) is 0.430. The Hall–Kier alpha value is -1.91. The zero-order valence-corrected chi connectivity index (χ0v) is 8.15. The third-order valence-corrected chi connectivity index (χ3v) is 2.33. The van der Waals surface area contributed by atoms with Crippen LogP contribution in [0.2, 0.25) is 0 Å². The van der Waals surface area contributed by atoms with Crippen molar-refractivity contribution in [1.29, 1.82) is 0 Å². The zero-order valence-electron chi connectivity index (χ0n) is 8.15. The van der Waals surface area contributed by atoms with E-state index in [9.17, 15) is 14.4 Å². The quantitative estimate of drug-likeness (QED) is 0.494. The van der Waals surface area contributed by atoms with Gasteiger partial charge in [-0.2, -0.15) is 0 Å². The molecule has 1 aromatic heterocycles. The standard InChI is InChI=1S/C10H9NO4/c1-15-10(14)8-3-2-6-4-7(12)5-9(13)11(6)8/h2-3H,4-5H2,1H3. The Morgan fingerprint density at radius 3 is 2.73 bits per heavy atom. The number of methoxy groups -OCH3 is 1. The second-order valence-corrected chi connectivity index (χ2v) is 3.32. The van der Waals surface area contributed by atoms with E-state index in [2.05, 4.69) is 4.74 Å². The molecule has 1 aromatic rings. The van der Waals surface area contributed by atoms with Gasteiger partial charge in [0.15, 0.2) is 0 Å². The molecule has 0 N–H and O–H groups in total. The molecule has 5 heteroatoms. The van der Waals surface area contributed by atoms with Crippen LogP contribution >= 0.6 is 0 Å². The van der Waals surface area contributed by atoms with Crippen LogP contribution in [-0.2, 0) is 16.0 Å². The summed E-state index contributed by atoms with van der Waals surface area (Å²) in [6, 6.07) is 3.10. The molecule has 0 aliphatic carbocycles. The minimum atomic E-state index is -0.566. The molecule has 15 heavy (non-hydrogen) atoms. The van der Waals surface area contributed by atoms with Crippen LogP contribution in [0.15, 0.2) is 12.1 Å². The average Bonchev–Trinajstić information content (AvgIpc) is 2.60. The molecule has 0 spiro atoms. The van der Waals surface area contributed by atoms with Crippen LogP contribution in [0.3, 0.4) is 0 Å². The molecule has 2 heterocycles. The summed E-state index contributed by atoms with van der Waals surface area (Å²) < 4.78 is 5.80. The summed E-state index contributed by atoms with van der Waals surface area (Å²) in [6.45, 7) is 0. The van der Waals surface area contributed by atoms with Gasteiger partial charge >= 0.3 is 5.97 Å². The molecule has 2 rings (SSSR count). The lowest BCUT2D eigenvalue weighted by Crippen LogP contribution is -2.28. The topological polar surface area (TPSA) is 65.4 Å². The number of carbonyl (C=O) groups excluding carboxylic acids is 3. The van der Waals surface area contributed by atoms with Gasteiger partial charge in [-0.1, -0.05) is 0 Å². The number of rotatable bonds is 1. The number of hydrogen-bond acceptors (Lipinski definition) is 4. The molecular formula is C10H9NO4. The Bertz CT molecular complexity index is 458. The molecule has 0 atom stereocenters. The van der Waals surface area contributed by atoms with Crippen molar-refractivity contribution >= 4 is 17.7 Å². The summed E-state index contributed by atoms with van der Waals surface area (Å²) >= 11 is 0. The van der Waals surface area contributed by atoms with Gasteiger partial charge in [0.1, 0.15) is 11.5 Å². The molecule has 0 amide bonds. The first-order valence-corrected chi connectivity index (χ1v) is 4.47. The third kappa shape index (κ3) is 1.45. The Balaban J connectivity index is 2.50. The molecule has 0 unspecified atom stereocenters. The number of esters is 1. The molecule has 5 nitrogen and oxygen atoms in total. The number of ketones is 1. The van der Waals surface area contributed by atoms with E-state index in [4.69, 9.17) is 0 Å². The highest BCUT2D eigenvalue weighted by Gasteiger charge is 2.27. The first-order valence-electron chi connectivity index (χ1n) is 4.47. The van der Waals surface area contributed by atoms with E-state index < -0.39 is 5.97 Å². The molecule has 1 aliphatic rings. The molecular weight excluding hydrogens is 198 g/mol. The van der Waals surface area contributed by atoms with Gasteiger partial charge in [0.25, 0.3) is 0 Å². The zero-order chi connectivity index (χ0) is 11.0. The Morgan fingerprint density at radius 2 is 2.07 bits per heavy atom. The van der Waals surface area contributed by atoms with Crippen molar-refractivity contribution in [3.8, 4) is 0 Å². The number of nitrogens with zero attached hydrogens (tertiary/aromatic N) is 1. The van der Waals surface area contributed by atoms with Gasteiger partial charge in [-0.05, 0) is 12.1 Å². The lowest BCUT2D eigenvalue weighted by atomic mass is 10.1. The van der Waals surface area contributed by atoms with Gasteiger partial charge in [0.05, 0.1) is 13.5 Å². The molecule has 1 aliphatic heterocycles. The van der Waals surface area contributed by atoms with Crippen LogP contribution in [0.1, 0.15) is 27.4 Å². The van der Waals surface area contributed by atoms with Gasteiger partial charge in [-0.15, -0.1) is 0 Å². The van der Waals surface area contributed by atoms with E-state index in [1.807, 2.05) is 0 Å². The van der Waals surface area contributed by atoms with Crippen molar-refractivity contribution in [2.75, 3.05) is 7.11 Å². The lowest BCUT2D eigenvalue weighted by Gasteiger charge is -2.14. The van der Waals surface area contributed by atoms with E-state index >= 15 is 0 Å². The molecule has 78 valence electrons. The van der Waals surface area contributed by atoms with Crippen LogP contribution < -0.4 is 0 Å². The maximum absolute atomic E-state index is 11.5. The molecule has 0 fully saturated rings. The minimum Gasteiger partial charge on any atom is -0.464 e. The van der Waals surface area contributed by atoms with E-state index in [1.165, 1.54) is 17.7 Å². The van der Waals surface area contributed by atoms with Gasteiger partial charge in [0.2, 0.25) is 5.91 Å². The van der Waals surface area contributed by atoms with Gasteiger partial charge in [-0.25, -0.2) is 4.79 Å². The molecule has 0 bridgehead atoms. The average molecular weight is 207 g/mol. The predicted molar refractivity (Wildman–Crippen MR) is 49.7 cm³/mol. The maximum atomic E-state index is 11.5. The number of hydrogen-bond donors (Lipinski definition) is 0. The Kier molecular flexibility index (Phi) is 2.15. The highest BCUT2D eigenvalue weighted by Crippen LogP contribution is 2.17. The van der Waals surface area contributed by atoms with E-state index in [1.54, 1.807) is 6.07 Å². The fourth-order valence-corrected chi connectivity index (χ4v) is 1.69. The van der Waals surface area contributed by atoms with Crippen molar-refractivity contribution < 1.29 is 19.1 Å². The van der Waals surface area contributed by atoms with Crippen molar-refractivity contribution in [1.82, 2.24) is 4.57 Å². The minimum absolute atomic E-state index is 0.123. The Morgan fingerprint density at radius 1 is 1.33 bits per heavy atom. The fourth-order valence-electron chi connectivity index (χ4n) is 1.69. The van der Waals surface area contributed by atoms with Gasteiger partial charge in [-0.3, -0.25) is 14.2 Å². The second-order valence-electron chi connectivity index (χ2n) is 3.32. The van der Waals surface area contributed by atoms with Crippen LogP contribution in [0.5, 0.6) is 0 Å². The SMILES string of the molecule is COC(=O)c1ccc2n1C(=O)CC(=O)C2. The van der Waals surface area contributed by atoms with Crippen molar-refractivity contribution in [3.63, 3.8) is 0 Å². The summed E-state index contributed by atoms with van der Waals surface area (Å²) in [5, 5.41) is 0. The largest absolute Gasteiger partial charge is 0.464 e. The smallest absolute Gasteiger partial charge is 0.355 e. The highest BCUT2D eigenvalue weighted by molar-refractivity contribution is 6.06. The monoisotopic (exact) mass is 207 g/mol. The van der Waals surface area contributed by atoms with Crippen LogP contribution in [0.4, 0.5) is 0 Å². The summed E-state index contributed by atoms with van der Waals surface area (Å²) in [5.41, 5.74) is 0.738. The van der Waals surface area contributed by atoms with E-state index in [0.717, 1.165) is 0 Å². The molecule has 0 saturated carbocycles. The summed E-state index contributed by atoms with van der Waals surface area (Å²) in [7, 11) is 1.25. The number of Topliss-reactive ketones (excluding diaryl/α,β-unsaturated/α-hetero) is 1. The van der Waals surface area contributed by atoms with E-state index in [-0.39, 0.29) is 30.2 Å². The second kappa shape index (κ2) is 3.34. The first-order chi connectivity index (χ1) is 7.13. The normalized spacial score (nSPS) is 15.0. The molecule has 0 aromatic carbocycles.